The van der Waals surface area contributed by atoms with E-state index in [1.807, 2.05) is 13.8 Å². The van der Waals surface area contributed by atoms with Crippen LogP contribution in [0.25, 0.3) is 0 Å². The van der Waals surface area contributed by atoms with Crippen LogP contribution in [0, 0.1) is 0 Å². The van der Waals surface area contributed by atoms with Gasteiger partial charge in [-0.25, -0.2) is 13.6 Å². The lowest BCUT2D eigenvalue weighted by molar-refractivity contribution is 0.0354. The molecule has 0 spiro atoms. The van der Waals surface area contributed by atoms with Crippen molar-refractivity contribution in [1.82, 2.24) is 15.5 Å². The molecule has 0 aliphatic carbocycles. The number of alkyl halides is 2. The zero-order valence-corrected chi connectivity index (χ0v) is 11.4. The summed E-state index contributed by atoms with van der Waals surface area (Å²) in [4.78, 5) is 11.5. The minimum absolute atomic E-state index is 0.00987. The number of aliphatic hydroxyl groups is 1. The molecule has 0 aromatic carbocycles. The summed E-state index contributed by atoms with van der Waals surface area (Å²) in [6.07, 6.45) is -1.71. The third-order valence-corrected chi connectivity index (χ3v) is 3.59. The smallest absolute Gasteiger partial charge is 0.321 e. The molecule has 0 bridgehead atoms. The average molecular weight is 294 g/mol. The molecule has 0 saturated heterocycles. The van der Waals surface area contributed by atoms with Gasteiger partial charge in [0.05, 0.1) is 5.60 Å². The fraction of sp³-hybridized carbons (Fsp3) is 0.700. The number of anilines is 1. The summed E-state index contributed by atoms with van der Waals surface area (Å²) in [6.45, 7) is 3.69. The van der Waals surface area contributed by atoms with Crippen molar-refractivity contribution in [3.05, 3.63) is 5.01 Å². The number of halogens is 2. The summed E-state index contributed by atoms with van der Waals surface area (Å²) in [7, 11) is 0. The maximum Gasteiger partial charge on any atom is 0.321 e. The van der Waals surface area contributed by atoms with E-state index in [0.717, 1.165) is 0 Å². The van der Waals surface area contributed by atoms with Gasteiger partial charge in [0.25, 0.3) is 6.43 Å². The number of rotatable bonds is 6. The molecular weight excluding hydrogens is 278 g/mol. The Hall–Kier alpha value is -1.35. The van der Waals surface area contributed by atoms with Gasteiger partial charge in [-0.3, -0.25) is 5.32 Å². The molecule has 9 heteroatoms. The number of amides is 2. The number of carbonyl (C=O) groups is 1. The van der Waals surface area contributed by atoms with Gasteiger partial charge in [-0.1, -0.05) is 25.2 Å². The quantitative estimate of drug-likeness (QED) is 0.750. The number of nitrogens with zero attached hydrogens (tertiary/aromatic N) is 2. The van der Waals surface area contributed by atoms with Gasteiger partial charge in [0.2, 0.25) is 5.13 Å². The first-order chi connectivity index (χ1) is 8.90. The summed E-state index contributed by atoms with van der Waals surface area (Å²) < 4.78 is 24.5. The first-order valence-electron chi connectivity index (χ1n) is 5.79. The van der Waals surface area contributed by atoms with E-state index < -0.39 is 23.1 Å². The van der Waals surface area contributed by atoms with Crippen LogP contribution in [-0.2, 0) is 0 Å². The third-order valence-electron chi connectivity index (χ3n) is 2.74. The number of hydrogen-bond acceptors (Lipinski definition) is 5. The maximum atomic E-state index is 12.3. The molecule has 0 fully saturated rings. The first-order valence-corrected chi connectivity index (χ1v) is 6.60. The van der Waals surface area contributed by atoms with Gasteiger partial charge in [-0.2, -0.15) is 0 Å². The Morgan fingerprint density at radius 3 is 2.53 bits per heavy atom. The Bertz CT molecular complexity index is 423. The van der Waals surface area contributed by atoms with Crippen LogP contribution in [0.5, 0.6) is 0 Å². The molecule has 0 aliphatic heterocycles. The van der Waals surface area contributed by atoms with Crippen molar-refractivity contribution < 1.29 is 18.7 Å². The van der Waals surface area contributed by atoms with E-state index in [2.05, 4.69) is 20.8 Å². The first kappa shape index (κ1) is 15.7. The van der Waals surface area contributed by atoms with Crippen molar-refractivity contribution in [3.63, 3.8) is 0 Å². The van der Waals surface area contributed by atoms with Crippen molar-refractivity contribution in [1.29, 1.82) is 0 Å². The Labute approximate surface area is 113 Å². The lowest BCUT2D eigenvalue weighted by atomic mass is 9.98. The number of aromatic nitrogens is 2. The van der Waals surface area contributed by atoms with E-state index in [1.54, 1.807) is 0 Å². The Kier molecular flexibility index (Phi) is 5.55. The number of urea groups is 1. The maximum absolute atomic E-state index is 12.3. The van der Waals surface area contributed by atoms with Crippen LogP contribution < -0.4 is 10.6 Å². The molecular formula is C10H16F2N4O2S. The summed E-state index contributed by atoms with van der Waals surface area (Å²) in [5, 5.41) is 20.9. The highest BCUT2D eigenvalue weighted by Gasteiger charge is 2.23. The fourth-order valence-corrected chi connectivity index (χ4v) is 1.85. The van der Waals surface area contributed by atoms with Gasteiger partial charge in [0.15, 0.2) is 5.01 Å². The topological polar surface area (TPSA) is 87.1 Å². The van der Waals surface area contributed by atoms with E-state index in [9.17, 15) is 18.7 Å². The lowest BCUT2D eigenvalue weighted by Crippen LogP contribution is -2.43. The fourth-order valence-electron chi connectivity index (χ4n) is 1.26. The van der Waals surface area contributed by atoms with Crippen molar-refractivity contribution in [3.8, 4) is 0 Å². The number of nitrogens with one attached hydrogen (secondary N) is 2. The van der Waals surface area contributed by atoms with E-state index >= 15 is 0 Å². The van der Waals surface area contributed by atoms with Gasteiger partial charge >= 0.3 is 6.03 Å². The van der Waals surface area contributed by atoms with Crippen molar-refractivity contribution in [2.24, 2.45) is 0 Å². The van der Waals surface area contributed by atoms with E-state index in [-0.39, 0.29) is 11.7 Å². The number of carbonyl (C=O) groups excluding carboxylic acids is 1. The summed E-state index contributed by atoms with van der Waals surface area (Å²) >= 11 is 0.608. The second kappa shape index (κ2) is 6.71. The summed E-state index contributed by atoms with van der Waals surface area (Å²) in [5.41, 5.74) is -0.966. The molecule has 0 radical (unpaired) electrons. The van der Waals surface area contributed by atoms with E-state index in [4.69, 9.17) is 0 Å². The Balaban J connectivity index is 2.46. The molecule has 108 valence electrons. The minimum atomic E-state index is -2.71. The predicted octanol–water partition coefficient (Wildman–Crippen LogP) is 2.15. The van der Waals surface area contributed by atoms with Gasteiger partial charge in [-0.05, 0) is 12.8 Å². The minimum Gasteiger partial charge on any atom is -0.388 e. The lowest BCUT2D eigenvalue weighted by Gasteiger charge is -2.25. The molecule has 3 N–H and O–H groups in total. The van der Waals surface area contributed by atoms with Gasteiger partial charge < -0.3 is 10.4 Å². The molecule has 1 heterocycles. The Morgan fingerprint density at radius 2 is 2.05 bits per heavy atom. The summed E-state index contributed by atoms with van der Waals surface area (Å²) in [6, 6.07) is -0.614. The molecule has 6 nitrogen and oxygen atoms in total. The average Bonchev–Trinajstić information content (AvgIpc) is 2.84. The molecule has 0 atom stereocenters. The second-order valence-corrected chi connectivity index (χ2v) is 4.99. The molecule has 2 amide bonds. The van der Waals surface area contributed by atoms with Gasteiger partial charge in [-0.15, -0.1) is 10.2 Å². The normalized spacial score (nSPS) is 11.7. The molecule has 1 aromatic heterocycles. The standard InChI is InChI=1S/C10H16F2N4O2S/c1-3-10(18,4-2)5-13-8(17)14-9-16-15-7(19-9)6(11)12/h6,18H,3-5H2,1-2H3,(H2,13,14,16,17). The monoisotopic (exact) mass is 294 g/mol. The predicted molar refractivity (Wildman–Crippen MR) is 67.4 cm³/mol. The van der Waals surface area contributed by atoms with E-state index in [1.165, 1.54) is 0 Å². The highest BCUT2D eigenvalue weighted by molar-refractivity contribution is 7.15. The molecule has 0 aliphatic rings. The number of hydrogen-bond donors (Lipinski definition) is 3. The second-order valence-electron chi connectivity index (χ2n) is 3.99. The molecule has 0 unspecified atom stereocenters. The zero-order chi connectivity index (χ0) is 14.5. The highest BCUT2D eigenvalue weighted by Crippen LogP contribution is 2.24. The van der Waals surface area contributed by atoms with Gasteiger partial charge in [0.1, 0.15) is 0 Å². The van der Waals surface area contributed by atoms with Crippen LogP contribution in [0.3, 0.4) is 0 Å². The molecule has 1 rings (SSSR count). The SMILES string of the molecule is CCC(O)(CC)CNC(=O)Nc1nnc(C(F)F)s1. The third kappa shape index (κ3) is 4.67. The Morgan fingerprint density at radius 1 is 1.42 bits per heavy atom. The van der Waals surface area contributed by atoms with E-state index in [0.29, 0.717) is 24.2 Å². The van der Waals surface area contributed by atoms with Gasteiger partial charge in [0, 0.05) is 6.54 Å². The zero-order valence-electron chi connectivity index (χ0n) is 10.6. The van der Waals surface area contributed by atoms with Crippen LogP contribution in [-0.4, -0.2) is 33.5 Å². The van der Waals surface area contributed by atoms with Crippen molar-refractivity contribution >= 4 is 22.5 Å². The van der Waals surface area contributed by atoms with Crippen LogP contribution in [0.2, 0.25) is 0 Å². The van der Waals surface area contributed by atoms with Crippen molar-refractivity contribution in [2.45, 2.75) is 38.7 Å². The van der Waals surface area contributed by atoms with Crippen LogP contribution in [0.4, 0.5) is 18.7 Å². The summed E-state index contributed by atoms with van der Waals surface area (Å²) in [5.74, 6) is 0. The molecule has 19 heavy (non-hydrogen) atoms. The van der Waals surface area contributed by atoms with Crippen LogP contribution in [0.15, 0.2) is 0 Å². The molecule has 1 aromatic rings. The van der Waals surface area contributed by atoms with Crippen LogP contribution >= 0.6 is 11.3 Å². The van der Waals surface area contributed by atoms with Crippen molar-refractivity contribution in [2.75, 3.05) is 11.9 Å². The largest absolute Gasteiger partial charge is 0.388 e. The highest BCUT2D eigenvalue weighted by atomic mass is 32.1. The molecule has 0 saturated carbocycles. The van der Waals surface area contributed by atoms with Crippen LogP contribution in [0.1, 0.15) is 38.1 Å².